The normalized spacial score (nSPS) is 9.75. The summed E-state index contributed by atoms with van der Waals surface area (Å²) in [6, 6.07) is 1.59. The van der Waals surface area contributed by atoms with E-state index in [1.807, 2.05) is 0 Å². The van der Waals surface area contributed by atoms with Crippen LogP contribution in [0.2, 0.25) is 0 Å². The smallest absolute Gasteiger partial charge is 0.405 e. The maximum absolute atomic E-state index is 10.3. The maximum Gasteiger partial charge on any atom is 0.405 e. The summed E-state index contributed by atoms with van der Waals surface area (Å²) in [6.45, 7) is 1.59. The van der Waals surface area contributed by atoms with E-state index >= 15 is 0 Å². The minimum absolute atomic E-state index is 0.356. The summed E-state index contributed by atoms with van der Waals surface area (Å²) in [6.07, 6.45) is 0. The first-order chi connectivity index (χ1) is 5.52. The van der Waals surface area contributed by atoms with Crippen LogP contribution in [-0.4, -0.2) is 22.9 Å². The zero-order chi connectivity index (χ0) is 9.30. The van der Waals surface area contributed by atoms with Crippen molar-refractivity contribution in [2.75, 3.05) is 0 Å². The molecule has 0 aliphatic carbocycles. The highest BCUT2D eigenvalue weighted by molar-refractivity contribution is 6.30. The molecule has 0 bridgehead atoms. The molecule has 1 aromatic heterocycles. The van der Waals surface area contributed by atoms with Crippen molar-refractivity contribution in [3.05, 3.63) is 21.7 Å². The lowest BCUT2D eigenvalue weighted by Gasteiger charge is -1.99. The molecule has 0 fully saturated rings. The molecule has 1 aromatic rings. The molecule has 0 amide bonds. The molecule has 1 rings (SSSR count). The van der Waals surface area contributed by atoms with Gasteiger partial charge in [-0.05, 0) is 17.9 Å². The molecule has 0 spiro atoms. The topological polar surface area (TPSA) is 76.3 Å². The number of aryl methyl sites for hydroxylation is 1. The predicted molar refractivity (Wildman–Crippen MR) is 45.5 cm³/mol. The van der Waals surface area contributed by atoms with Gasteiger partial charge in [-0.1, -0.05) is 4.98 Å². The molecule has 1 N–H and O–H groups in total. The minimum Gasteiger partial charge on any atom is -0.501 e. The van der Waals surface area contributed by atoms with Gasteiger partial charge in [0.1, 0.15) is 5.59 Å². The molecule has 62 valence electrons. The molecular weight excluding hydrogens is 159 g/mol. The average molecular weight is 166 g/mol. The Morgan fingerprint density at radius 2 is 2.33 bits per heavy atom. The molecule has 0 aliphatic rings. The van der Waals surface area contributed by atoms with Gasteiger partial charge >= 0.3 is 5.82 Å². The van der Waals surface area contributed by atoms with Gasteiger partial charge in [0.15, 0.2) is 7.85 Å². The second kappa shape index (κ2) is 2.81. The van der Waals surface area contributed by atoms with Crippen LogP contribution in [0.5, 0.6) is 5.75 Å². The summed E-state index contributed by atoms with van der Waals surface area (Å²) in [5, 5.41) is 19.5. The Bertz CT molecular complexity index is 340. The van der Waals surface area contributed by atoms with Crippen molar-refractivity contribution >= 4 is 19.3 Å². The Balaban J connectivity index is 3.37. The molecule has 0 radical (unpaired) electrons. The lowest BCUT2D eigenvalue weighted by Crippen LogP contribution is -2.11. The standard InChI is InChI=1S/C6H7BN2O3/c1-3-2-4(7)8-6(5(3)10)9(11)12/h2,10H,7H2,1H3. The Hall–Kier alpha value is -1.59. The summed E-state index contributed by atoms with van der Waals surface area (Å²) in [7, 11) is 1.64. The van der Waals surface area contributed by atoms with Crippen molar-refractivity contribution in [2.45, 2.75) is 6.92 Å². The van der Waals surface area contributed by atoms with E-state index in [-0.39, 0.29) is 5.75 Å². The van der Waals surface area contributed by atoms with E-state index in [4.69, 9.17) is 0 Å². The average Bonchev–Trinajstić information content (AvgIpc) is 1.96. The van der Waals surface area contributed by atoms with Crippen LogP contribution >= 0.6 is 0 Å². The summed E-state index contributed by atoms with van der Waals surface area (Å²) in [4.78, 5) is 13.2. The Morgan fingerprint density at radius 3 is 2.83 bits per heavy atom. The zero-order valence-corrected chi connectivity index (χ0v) is 6.74. The third-order valence-electron chi connectivity index (χ3n) is 1.47. The van der Waals surface area contributed by atoms with E-state index in [9.17, 15) is 15.2 Å². The fourth-order valence-electron chi connectivity index (χ4n) is 0.938. The fraction of sp³-hybridized carbons (Fsp3) is 0.167. The summed E-state index contributed by atoms with van der Waals surface area (Å²) in [5.74, 6) is -0.835. The van der Waals surface area contributed by atoms with E-state index in [0.717, 1.165) is 0 Å². The molecule has 1 heterocycles. The number of aromatic nitrogens is 1. The summed E-state index contributed by atoms with van der Waals surface area (Å²) in [5.41, 5.74) is 0.992. The van der Waals surface area contributed by atoms with Gasteiger partial charge in [0, 0.05) is 5.56 Å². The lowest BCUT2D eigenvalue weighted by molar-refractivity contribution is -0.390. The number of hydrogen-bond acceptors (Lipinski definition) is 4. The highest BCUT2D eigenvalue weighted by Gasteiger charge is 2.17. The van der Waals surface area contributed by atoms with Crippen LogP contribution in [0.4, 0.5) is 5.82 Å². The molecule has 0 saturated carbocycles. The van der Waals surface area contributed by atoms with Crippen molar-refractivity contribution in [1.82, 2.24) is 4.98 Å². The van der Waals surface area contributed by atoms with Crippen LogP contribution in [0.1, 0.15) is 5.56 Å². The minimum atomic E-state index is -0.699. The van der Waals surface area contributed by atoms with E-state index in [0.29, 0.717) is 11.2 Å². The first-order valence-corrected chi connectivity index (χ1v) is 3.34. The van der Waals surface area contributed by atoms with Crippen LogP contribution in [0.3, 0.4) is 0 Å². The fourth-order valence-corrected chi connectivity index (χ4v) is 0.938. The van der Waals surface area contributed by atoms with Crippen molar-refractivity contribution < 1.29 is 10.0 Å². The lowest BCUT2D eigenvalue weighted by atomic mass is 10.0. The third-order valence-corrected chi connectivity index (χ3v) is 1.47. The van der Waals surface area contributed by atoms with Crippen LogP contribution in [0.15, 0.2) is 6.07 Å². The second-order valence-corrected chi connectivity index (χ2v) is 2.51. The van der Waals surface area contributed by atoms with Crippen molar-refractivity contribution in [1.29, 1.82) is 0 Å². The van der Waals surface area contributed by atoms with Gasteiger partial charge in [0.2, 0.25) is 5.75 Å². The second-order valence-electron chi connectivity index (χ2n) is 2.51. The first-order valence-electron chi connectivity index (χ1n) is 3.34. The van der Waals surface area contributed by atoms with Gasteiger partial charge in [-0.25, -0.2) is 0 Å². The molecule has 0 unspecified atom stereocenters. The molecular formula is C6H7BN2O3. The highest BCUT2D eigenvalue weighted by Crippen LogP contribution is 2.24. The van der Waals surface area contributed by atoms with Gasteiger partial charge in [-0.3, -0.25) is 0 Å². The van der Waals surface area contributed by atoms with Crippen molar-refractivity contribution in [2.24, 2.45) is 0 Å². The SMILES string of the molecule is Bc1cc(C)c(O)c([N+](=O)[O-])n1. The van der Waals surface area contributed by atoms with E-state index in [2.05, 4.69) is 4.98 Å². The maximum atomic E-state index is 10.3. The van der Waals surface area contributed by atoms with Crippen molar-refractivity contribution in [3.63, 3.8) is 0 Å². The Morgan fingerprint density at radius 1 is 1.75 bits per heavy atom. The first kappa shape index (κ1) is 8.51. The van der Waals surface area contributed by atoms with E-state index < -0.39 is 10.7 Å². The number of nitrogens with zero attached hydrogens (tertiary/aromatic N) is 2. The zero-order valence-electron chi connectivity index (χ0n) is 6.74. The van der Waals surface area contributed by atoms with E-state index in [1.165, 1.54) is 0 Å². The van der Waals surface area contributed by atoms with Gasteiger partial charge < -0.3 is 15.2 Å². The van der Waals surface area contributed by atoms with Crippen LogP contribution < -0.4 is 5.59 Å². The number of rotatable bonds is 1. The number of hydrogen-bond donors (Lipinski definition) is 1. The molecule has 6 heteroatoms. The van der Waals surface area contributed by atoms with Crippen LogP contribution in [0, 0.1) is 17.0 Å². The molecule has 0 aromatic carbocycles. The van der Waals surface area contributed by atoms with Gasteiger partial charge in [0.05, 0.1) is 0 Å². The number of nitro groups is 1. The van der Waals surface area contributed by atoms with Gasteiger partial charge in [-0.2, -0.15) is 0 Å². The van der Waals surface area contributed by atoms with E-state index in [1.54, 1.807) is 20.8 Å². The number of pyridine rings is 1. The van der Waals surface area contributed by atoms with Crippen LogP contribution in [-0.2, 0) is 0 Å². The summed E-state index contributed by atoms with van der Waals surface area (Å²) >= 11 is 0. The quantitative estimate of drug-likeness (QED) is 0.338. The molecule has 0 aliphatic heterocycles. The highest BCUT2D eigenvalue weighted by atomic mass is 16.6. The summed E-state index contributed by atoms with van der Waals surface area (Å²) < 4.78 is 0. The Kier molecular flexibility index (Phi) is 1.99. The number of aromatic hydroxyl groups is 1. The molecule has 0 atom stereocenters. The molecule has 5 nitrogen and oxygen atoms in total. The Labute approximate surface area is 69.6 Å². The largest absolute Gasteiger partial charge is 0.501 e. The predicted octanol–water partition coefficient (Wildman–Crippen LogP) is -0.738. The monoisotopic (exact) mass is 166 g/mol. The van der Waals surface area contributed by atoms with Gasteiger partial charge in [-0.15, -0.1) is 0 Å². The molecule has 12 heavy (non-hydrogen) atoms. The molecule has 0 saturated heterocycles. The van der Waals surface area contributed by atoms with Crippen LogP contribution in [0.25, 0.3) is 0 Å². The van der Waals surface area contributed by atoms with Crippen molar-refractivity contribution in [3.8, 4) is 5.75 Å². The van der Waals surface area contributed by atoms with Gasteiger partial charge in [0.25, 0.3) is 0 Å². The third kappa shape index (κ3) is 1.36.